The molecule has 0 aliphatic carbocycles. The normalized spacial score (nSPS) is 13.7. The lowest BCUT2D eigenvalue weighted by Crippen LogP contribution is -2.49. The molecule has 0 radical (unpaired) electrons. The maximum Gasteiger partial charge on any atom is 0.273 e. The van der Waals surface area contributed by atoms with E-state index in [1.54, 1.807) is 24.0 Å². The highest BCUT2D eigenvalue weighted by Crippen LogP contribution is 2.27. The number of piperazine rings is 1. The minimum Gasteiger partial charge on any atom is -0.353 e. The van der Waals surface area contributed by atoms with E-state index in [4.69, 9.17) is 16.6 Å². The fourth-order valence-corrected chi connectivity index (χ4v) is 4.55. The number of hydrogen-bond donors (Lipinski definition) is 0. The molecule has 1 aliphatic heterocycles. The predicted molar refractivity (Wildman–Crippen MR) is 136 cm³/mol. The summed E-state index contributed by atoms with van der Waals surface area (Å²) in [7, 11) is 0. The lowest BCUT2D eigenvalue weighted by Gasteiger charge is -2.36. The first kappa shape index (κ1) is 24.6. The maximum atomic E-state index is 13.1. The van der Waals surface area contributed by atoms with Gasteiger partial charge in [-0.3, -0.25) is 14.9 Å². The van der Waals surface area contributed by atoms with E-state index < -0.39 is 4.92 Å². The molecule has 1 saturated heterocycles. The number of carbonyl (C=O) groups excluding carboxylic acids is 1. The first-order valence-corrected chi connectivity index (χ1v) is 12.0. The number of amides is 1. The van der Waals surface area contributed by atoms with Crippen LogP contribution in [-0.2, 0) is 12.8 Å². The Balaban J connectivity index is 1.54. The number of nitro benzene ring substituents is 1. The van der Waals surface area contributed by atoms with Crippen LogP contribution in [-0.4, -0.2) is 51.9 Å². The van der Waals surface area contributed by atoms with Crippen LogP contribution < -0.4 is 4.90 Å². The van der Waals surface area contributed by atoms with Crippen LogP contribution in [0.1, 0.15) is 45.5 Å². The number of anilines is 1. The van der Waals surface area contributed by atoms with Gasteiger partial charge in [-0.15, -0.1) is 0 Å². The molecule has 0 saturated carbocycles. The second-order valence-corrected chi connectivity index (χ2v) is 9.15. The van der Waals surface area contributed by atoms with E-state index in [-0.39, 0.29) is 11.6 Å². The Morgan fingerprint density at radius 1 is 1.06 bits per heavy atom. The summed E-state index contributed by atoms with van der Waals surface area (Å²) in [5.74, 6) is 1.44. The number of nitro groups is 1. The van der Waals surface area contributed by atoms with Crippen molar-refractivity contribution >= 4 is 29.0 Å². The summed E-state index contributed by atoms with van der Waals surface area (Å²) in [6.07, 6.45) is 1.49. The van der Waals surface area contributed by atoms with Gasteiger partial charge < -0.3 is 9.80 Å². The first-order chi connectivity index (χ1) is 16.8. The van der Waals surface area contributed by atoms with Gasteiger partial charge in [-0.1, -0.05) is 36.7 Å². The van der Waals surface area contributed by atoms with Gasteiger partial charge in [-0.25, -0.2) is 9.97 Å². The third-order valence-electron chi connectivity index (χ3n) is 6.33. The van der Waals surface area contributed by atoms with E-state index in [9.17, 15) is 14.9 Å². The molecule has 3 aromatic rings. The number of nitrogens with zero attached hydrogens (tertiary/aromatic N) is 5. The second-order valence-electron chi connectivity index (χ2n) is 8.71. The number of aromatic nitrogens is 2. The standard InChI is InChI=1S/C26H28ClN5O3/c1-4-23-22(15-19-6-9-21(27)10-7-19)25(29-18(3)28-23)30-11-13-31(14-12-30)26(33)20-8-5-17(2)24(16-20)32(34)35/h5-10,16H,4,11-15H2,1-3H3. The van der Waals surface area contributed by atoms with E-state index in [1.807, 2.05) is 31.2 Å². The van der Waals surface area contributed by atoms with Crippen molar-refractivity contribution in [2.24, 2.45) is 0 Å². The van der Waals surface area contributed by atoms with Gasteiger partial charge in [0.25, 0.3) is 11.6 Å². The molecule has 1 aromatic heterocycles. The molecule has 1 amide bonds. The van der Waals surface area contributed by atoms with Crippen LogP contribution in [0.15, 0.2) is 42.5 Å². The lowest BCUT2D eigenvalue weighted by molar-refractivity contribution is -0.385. The highest BCUT2D eigenvalue weighted by Gasteiger charge is 2.27. The van der Waals surface area contributed by atoms with Crippen molar-refractivity contribution in [1.29, 1.82) is 0 Å². The summed E-state index contributed by atoms with van der Waals surface area (Å²) in [6, 6.07) is 12.5. The summed E-state index contributed by atoms with van der Waals surface area (Å²) in [5.41, 5.74) is 4.08. The van der Waals surface area contributed by atoms with Crippen molar-refractivity contribution < 1.29 is 9.72 Å². The average Bonchev–Trinajstić information content (AvgIpc) is 2.86. The quantitative estimate of drug-likeness (QED) is 0.362. The maximum absolute atomic E-state index is 13.1. The Morgan fingerprint density at radius 3 is 2.37 bits per heavy atom. The van der Waals surface area contributed by atoms with Gasteiger partial charge in [0.05, 0.1) is 4.92 Å². The molecule has 0 atom stereocenters. The number of aryl methyl sites for hydroxylation is 3. The van der Waals surface area contributed by atoms with E-state index in [0.717, 1.165) is 34.9 Å². The fraction of sp³-hybridized carbons (Fsp3) is 0.346. The summed E-state index contributed by atoms with van der Waals surface area (Å²) in [4.78, 5) is 37.4. The van der Waals surface area contributed by atoms with Crippen LogP contribution in [0, 0.1) is 24.0 Å². The molecular weight excluding hydrogens is 466 g/mol. The monoisotopic (exact) mass is 493 g/mol. The minimum atomic E-state index is -0.449. The third kappa shape index (κ3) is 5.43. The number of hydrogen-bond acceptors (Lipinski definition) is 6. The minimum absolute atomic E-state index is 0.0371. The van der Waals surface area contributed by atoms with Crippen LogP contribution in [0.4, 0.5) is 11.5 Å². The molecule has 0 N–H and O–H groups in total. The summed E-state index contributed by atoms with van der Waals surface area (Å²) < 4.78 is 0. The molecule has 4 rings (SSSR count). The summed E-state index contributed by atoms with van der Waals surface area (Å²) in [6.45, 7) is 7.91. The van der Waals surface area contributed by atoms with Crippen LogP contribution in [0.25, 0.3) is 0 Å². The zero-order valence-electron chi connectivity index (χ0n) is 20.1. The molecule has 35 heavy (non-hydrogen) atoms. The van der Waals surface area contributed by atoms with Crippen molar-refractivity contribution in [2.75, 3.05) is 31.1 Å². The van der Waals surface area contributed by atoms with Crippen molar-refractivity contribution in [3.05, 3.63) is 91.4 Å². The van der Waals surface area contributed by atoms with Crippen molar-refractivity contribution in [1.82, 2.24) is 14.9 Å². The molecule has 0 bridgehead atoms. The van der Waals surface area contributed by atoms with Crippen molar-refractivity contribution in [3.8, 4) is 0 Å². The average molecular weight is 494 g/mol. The highest BCUT2D eigenvalue weighted by atomic mass is 35.5. The molecule has 1 fully saturated rings. The van der Waals surface area contributed by atoms with Gasteiger partial charge >= 0.3 is 0 Å². The fourth-order valence-electron chi connectivity index (χ4n) is 4.42. The van der Waals surface area contributed by atoms with Gasteiger partial charge in [0, 0.05) is 66.1 Å². The molecule has 9 heteroatoms. The topological polar surface area (TPSA) is 92.5 Å². The Hall–Kier alpha value is -3.52. The highest BCUT2D eigenvalue weighted by molar-refractivity contribution is 6.30. The number of carbonyl (C=O) groups is 1. The largest absolute Gasteiger partial charge is 0.353 e. The zero-order valence-corrected chi connectivity index (χ0v) is 20.9. The van der Waals surface area contributed by atoms with Gasteiger partial charge in [0.15, 0.2) is 0 Å². The number of benzene rings is 2. The first-order valence-electron chi connectivity index (χ1n) is 11.7. The Kier molecular flexibility index (Phi) is 7.31. The van der Waals surface area contributed by atoms with Crippen molar-refractivity contribution in [2.45, 2.75) is 33.6 Å². The third-order valence-corrected chi connectivity index (χ3v) is 6.58. The Bertz CT molecular complexity index is 1250. The SMILES string of the molecule is CCc1nc(C)nc(N2CCN(C(=O)c3ccc(C)c([N+](=O)[O-])c3)CC2)c1Cc1ccc(Cl)cc1. The van der Waals surface area contributed by atoms with Crippen molar-refractivity contribution in [3.63, 3.8) is 0 Å². The van der Waals surface area contributed by atoms with E-state index in [1.165, 1.54) is 6.07 Å². The molecule has 0 unspecified atom stereocenters. The van der Waals surface area contributed by atoms with Gasteiger partial charge in [-0.05, 0) is 44.0 Å². The number of halogens is 1. The van der Waals surface area contributed by atoms with Crippen LogP contribution >= 0.6 is 11.6 Å². The van der Waals surface area contributed by atoms with Crippen LogP contribution in [0.3, 0.4) is 0 Å². The predicted octanol–water partition coefficient (Wildman–Crippen LogP) is 4.77. The molecule has 0 spiro atoms. The molecule has 1 aliphatic rings. The summed E-state index contributed by atoms with van der Waals surface area (Å²) >= 11 is 6.06. The second kappa shape index (κ2) is 10.4. The van der Waals surface area contributed by atoms with E-state index in [2.05, 4.69) is 16.8 Å². The Labute approximate surface area is 209 Å². The lowest BCUT2D eigenvalue weighted by atomic mass is 10.0. The Morgan fingerprint density at radius 2 is 1.74 bits per heavy atom. The summed E-state index contributed by atoms with van der Waals surface area (Å²) in [5, 5.41) is 12.0. The van der Waals surface area contributed by atoms with Crippen LogP contribution in [0.5, 0.6) is 0 Å². The smallest absolute Gasteiger partial charge is 0.273 e. The molecule has 8 nitrogen and oxygen atoms in total. The molecular formula is C26H28ClN5O3. The van der Waals surface area contributed by atoms with Crippen LogP contribution in [0.2, 0.25) is 5.02 Å². The van der Waals surface area contributed by atoms with E-state index >= 15 is 0 Å². The van der Waals surface area contributed by atoms with Gasteiger partial charge in [0.2, 0.25) is 0 Å². The van der Waals surface area contributed by atoms with Gasteiger partial charge in [-0.2, -0.15) is 0 Å². The zero-order chi connectivity index (χ0) is 25.1. The van der Waals surface area contributed by atoms with E-state index in [0.29, 0.717) is 48.7 Å². The number of rotatable bonds is 6. The molecule has 2 aromatic carbocycles. The molecule has 2 heterocycles. The van der Waals surface area contributed by atoms with Gasteiger partial charge in [0.1, 0.15) is 11.6 Å². The molecule has 182 valence electrons.